The zero-order valence-corrected chi connectivity index (χ0v) is 33.0. The number of amides is 6. The van der Waals surface area contributed by atoms with Gasteiger partial charge in [-0.05, 0) is 69.4 Å². The lowest BCUT2D eigenvalue weighted by Crippen LogP contribution is -2.54. The maximum Gasteiger partial charge on any atom is 0.433 e. The molecule has 15 nitrogen and oxygen atoms in total. The highest BCUT2D eigenvalue weighted by molar-refractivity contribution is 6.25. The number of rotatable bonds is 16. The van der Waals surface area contributed by atoms with Gasteiger partial charge in [0.2, 0.25) is 17.7 Å². The number of ether oxygens (including phenoxy) is 1. The minimum atomic E-state index is -4.71. The van der Waals surface area contributed by atoms with Crippen LogP contribution in [0.2, 0.25) is 0 Å². The van der Waals surface area contributed by atoms with Gasteiger partial charge in [0.15, 0.2) is 0 Å². The molecule has 0 radical (unpaired) electrons. The fourth-order valence-electron chi connectivity index (χ4n) is 7.06. The van der Waals surface area contributed by atoms with Crippen LogP contribution in [0.3, 0.4) is 0 Å². The number of carbonyl (C=O) groups excluding carboxylic acids is 6. The van der Waals surface area contributed by atoms with Crippen LogP contribution in [0.4, 0.5) is 24.5 Å². The summed E-state index contributed by atoms with van der Waals surface area (Å²) in [7, 11) is 1.80. The Morgan fingerprint density at radius 3 is 2.42 bits per heavy atom. The van der Waals surface area contributed by atoms with E-state index in [0.717, 1.165) is 23.5 Å². The number of imide groups is 2. The second-order valence-corrected chi connectivity index (χ2v) is 15.0. The number of carbonyl (C=O) groups is 6. The van der Waals surface area contributed by atoms with E-state index in [9.17, 15) is 41.9 Å². The highest BCUT2D eigenvalue weighted by Crippen LogP contribution is 2.34. The molecular formula is C41H45F3N8O7. The number of anilines is 2. The minimum Gasteiger partial charge on any atom is -0.492 e. The first-order valence-electron chi connectivity index (χ1n) is 19.3. The quantitative estimate of drug-likeness (QED) is 0.0841. The summed E-state index contributed by atoms with van der Waals surface area (Å²) >= 11 is 0. The third kappa shape index (κ3) is 9.21. The number of aryl methyl sites for hydroxylation is 2. The van der Waals surface area contributed by atoms with E-state index >= 15 is 0 Å². The predicted octanol–water partition coefficient (Wildman–Crippen LogP) is 5.40. The summed E-state index contributed by atoms with van der Waals surface area (Å²) in [6.07, 6.45) is -1.50. The summed E-state index contributed by atoms with van der Waals surface area (Å²) < 4.78 is 47.2. The Morgan fingerprint density at radius 2 is 1.69 bits per heavy atom. The standard InChI is InChI=1S/C41H45F3N8O7/c1-5-59-30-22-26-29(21-27(30)49-35(54)25-13-10-14-31(47-25)41(42,43)44)51(4)32(48-26)17-18-40(2,3)39(58)46-20-8-6-7-19-45-24-12-9-11-23-34(24)38(57)52(37(23)56)28-15-16-33(53)50-36(28)55/h9-14,21-22,28,45H,5-8,15-20H2,1-4H3,(H,46,58)(H,49,54)(H,50,53,55). The molecule has 1 atom stereocenters. The number of unbranched alkanes of at least 4 members (excludes halogenated alkanes) is 2. The van der Waals surface area contributed by atoms with Crippen molar-refractivity contribution in [3.8, 4) is 5.75 Å². The summed E-state index contributed by atoms with van der Waals surface area (Å²) in [5.74, 6) is -2.24. The van der Waals surface area contributed by atoms with E-state index in [0.29, 0.717) is 61.3 Å². The molecule has 0 aliphatic carbocycles. The van der Waals surface area contributed by atoms with Crippen molar-refractivity contribution in [3.63, 3.8) is 0 Å². The number of pyridine rings is 1. The van der Waals surface area contributed by atoms with Crippen LogP contribution in [0.5, 0.6) is 5.75 Å². The highest BCUT2D eigenvalue weighted by Gasteiger charge is 2.45. The molecular weight excluding hydrogens is 773 g/mol. The summed E-state index contributed by atoms with van der Waals surface area (Å²) in [6.45, 7) is 6.67. The Kier molecular flexibility index (Phi) is 12.4. The largest absolute Gasteiger partial charge is 0.492 e. The first kappa shape index (κ1) is 42.3. The summed E-state index contributed by atoms with van der Waals surface area (Å²) in [5, 5.41) is 11.1. The van der Waals surface area contributed by atoms with Crippen molar-refractivity contribution >= 4 is 57.9 Å². The molecule has 6 amide bonds. The Labute approximate surface area is 337 Å². The first-order valence-corrected chi connectivity index (χ1v) is 19.3. The van der Waals surface area contributed by atoms with Gasteiger partial charge in [-0.2, -0.15) is 13.2 Å². The Hall–Kier alpha value is -6.33. The Bertz CT molecular complexity index is 2320. The van der Waals surface area contributed by atoms with Gasteiger partial charge in [0.05, 0.1) is 34.5 Å². The van der Waals surface area contributed by atoms with Crippen LogP contribution in [0.1, 0.15) is 102 Å². The van der Waals surface area contributed by atoms with E-state index in [4.69, 9.17) is 9.72 Å². The first-order chi connectivity index (χ1) is 28.0. The van der Waals surface area contributed by atoms with Gasteiger partial charge in [0, 0.05) is 50.1 Å². The molecule has 1 saturated heterocycles. The molecule has 1 fully saturated rings. The Morgan fingerprint density at radius 1 is 0.949 bits per heavy atom. The van der Waals surface area contributed by atoms with Crippen LogP contribution in [0.25, 0.3) is 11.0 Å². The van der Waals surface area contributed by atoms with E-state index in [1.54, 1.807) is 44.3 Å². The number of piperidine rings is 1. The minimum absolute atomic E-state index is 0.0399. The van der Waals surface area contributed by atoms with Crippen LogP contribution >= 0.6 is 0 Å². The van der Waals surface area contributed by atoms with Gasteiger partial charge in [0.25, 0.3) is 17.7 Å². The average molecular weight is 819 g/mol. The topological polar surface area (TPSA) is 194 Å². The maximum absolute atomic E-state index is 13.3. The molecule has 2 aromatic heterocycles. The van der Waals surface area contributed by atoms with Crippen molar-refractivity contribution in [1.82, 2.24) is 30.1 Å². The van der Waals surface area contributed by atoms with Gasteiger partial charge in [-0.15, -0.1) is 0 Å². The molecule has 0 bridgehead atoms. The van der Waals surface area contributed by atoms with Gasteiger partial charge in [-0.25, -0.2) is 9.97 Å². The lowest BCUT2D eigenvalue weighted by atomic mass is 9.86. The molecule has 4 heterocycles. The third-order valence-corrected chi connectivity index (χ3v) is 10.4. The molecule has 18 heteroatoms. The van der Waals surface area contributed by atoms with Crippen LogP contribution in [-0.4, -0.2) is 80.6 Å². The number of hydrogen-bond acceptors (Lipinski definition) is 10. The van der Waals surface area contributed by atoms with E-state index in [2.05, 4.69) is 26.3 Å². The fourth-order valence-corrected chi connectivity index (χ4v) is 7.06. The third-order valence-electron chi connectivity index (χ3n) is 10.4. The van der Waals surface area contributed by atoms with E-state index in [1.807, 2.05) is 18.4 Å². The number of imidazole rings is 1. The molecule has 59 heavy (non-hydrogen) atoms. The monoisotopic (exact) mass is 818 g/mol. The number of benzene rings is 2. The van der Waals surface area contributed by atoms with Crippen LogP contribution in [-0.2, 0) is 34.0 Å². The number of nitrogens with zero attached hydrogens (tertiary/aromatic N) is 4. The van der Waals surface area contributed by atoms with Crippen molar-refractivity contribution in [1.29, 1.82) is 0 Å². The van der Waals surface area contributed by atoms with Crippen molar-refractivity contribution in [3.05, 3.63) is 76.9 Å². The van der Waals surface area contributed by atoms with Crippen molar-refractivity contribution in [2.45, 2.75) is 77.9 Å². The molecule has 1 unspecified atom stereocenters. The molecule has 0 spiro atoms. The fraction of sp³-hybridized carbons (Fsp3) is 0.415. The number of nitrogens with one attached hydrogen (secondary N) is 4. The zero-order valence-electron chi connectivity index (χ0n) is 33.0. The molecule has 2 aromatic carbocycles. The van der Waals surface area contributed by atoms with Crippen molar-refractivity contribution < 1.29 is 46.7 Å². The number of halogens is 3. The lowest BCUT2D eigenvalue weighted by Gasteiger charge is -2.27. The predicted molar refractivity (Wildman–Crippen MR) is 210 cm³/mol. The normalized spacial score (nSPS) is 15.6. The number of aromatic nitrogens is 3. The van der Waals surface area contributed by atoms with Gasteiger partial charge in [0.1, 0.15) is 29.0 Å². The van der Waals surface area contributed by atoms with Crippen LogP contribution in [0, 0.1) is 5.41 Å². The second kappa shape index (κ2) is 17.3. The van der Waals surface area contributed by atoms with Crippen molar-refractivity contribution in [2.75, 3.05) is 30.3 Å². The van der Waals surface area contributed by atoms with Crippen molar-refractivity contribution in [2.24, 2.45) is 12.5 Å². The molecule has 2 aliphatic rings. The highest BCUT2D eigenvalue weighted by atomic mass is 19.4. The van der Waals surface area contributed by atoms with Crippen LogP contribution < -0.4 is 26.0 Å². The SMILES string of the molecule is CCOc1cc2nc(CCC(C)(C)C(=O)NCCCCCNc3cccc4c3C(=O)N(C3CCC(=O)NC3=O)C4=O)n(C)c2cc1NC(=O)c1cccc(C(F)(F)F)n1. The van der Waals surface area contributed by atoms with Gasteiger partial charge in [-0.3, -0.25) is 39.0 Å². The zero-order chi connectivity index (χ0) is 42.6. The molecule has 312 valence electrons. The van der Waals surface area contributed by atoms with E-state index in [1.165, 1.54) is 6.07 Å². The second-order valence-electron chi connectivity index (χ2n) is 15.0. The van der Waals surface area contributed by atoms with E-state index in [-0.39, 0.29) is 47.9 Å². The van der Waals surface area contributed by atoms with E-state index < -0.39 is 58.6 Å². The molecule has 6 rings (SSSR count). The lowest BCUT2D eigenvalue weighted by molar-refractivity contribution is -0.141. The van der Waals surface area contributed by atoms with Gasteiger partial charge in [-0.1, -0.05) is 26.0 Å². The maximum atomic E-state index is 13.3. The van der Waals surface area contributed by atoms with Gasteiger partial charge < -0.3 is 25.3 Å². The number of fused-ring (bicyclic) bond motifs is 2. The Balaban J connectivity index is 0.980. The summed E-state index contributed by atoms with van der Waals surface area (Å²) in [5.41, 5.74) is 0.0113. The molecule has 4 aromatic rings. The molecule has 4 N–H and O–H groups in total. The number of alkyl halides is 3. The molecule has 2 aliphatic heterocycles. The summed E-state index contributed by atoms with van der Waals surface area (Å²) in [4.78, 5) is 85.8. The molecule has 0 saturated carbocycles. The number of hydrogen-bond donors (Lipinski definition) is 4. The van der Waals surface area contributed by atoms with Gasteiger partial charge >= 0.3 is 6.18 Å². The summed E-state index contributed by atoms with van der Waals surface area (Å²) in [6, 6.07) is 10.3. The smallest absolute Gasteiger partial charge is 0.433 e. The average Bonchev–Trinajstić information content (AvgIpc) is 3.64. The van der Waals surface area contributed by atoms with Crippen LogP contribution in [0.15, 0.2) is 48.5 Å².